The van der Waals surface area contributed by atoms with E-state index in [1.165, 1.54) is 7.11 Å². The molecule has 1 atom stereocenters. The molecule has 4 rings (SSSR count). The molecule has 3 aromatic carbocycles. The molecule has 1 aliphatic heterocycles. The Morgan fingerprint density at radius 1 is 1.00 bits per heavy atom. The van der Waals surface area contributed by atoms with Gasteiger partial charge in [-0.1, -0.05) is 54.1 Å². The lowest BCUT2D eigenvalue weighted by Crippen LogP contribution is -2.29. The lowest BCUT2D eigenvalue weighted by molar-refractivity contribution is -0.130. The maximum atomic E-state index is 13.2. The highest BCUT2D eigenvalue weighted by Gasteiger charge is 2.41. The van der Waals surface area contributed by atoms with Crippen molar-refractivity contribution in [3.05, 3.63) is 106 Å². The topological polar surface area (TPSA) is 76.1 Å². The summed E-state index contributed by atoms with van der Waals surface area (Å²) in [6, 6.07) is 21.6. The first-order valence-corrected chi connectivity index (χ1v) is 10.5. The number of amides is 1. The van der Waals surface area contributed by atoms with Crippen molar-refractivity contribution in [2.45, 2.75) is 19.5 Å². The molecule has 168 valence electrons. The van der Waals surface area contributed by atoms with Crippen LogP contribution in [0.4, 0.5) is 0 Å². The van der Waals surface area contributed by atoms with Crippen LogP contribution >= 0.6 is 0 Å². The van der Waals surface area contributed by atoms with Crippen molar-refractivity contribution in [3.8, 4) is 5.75 Å². The molecular weight excluding hydrogens is 418 g/mol. The minimum Gasteiger partial charge on any atom is -0.503 e. The van der Waals surface area contributed by atoms with Crippen LogP contribution in [-0.2, 0) is 16.1 Å². The number of hydrogen-bond donors (Lipinski definition) is 1. The molecule has 0 saturated carbocycles. The summed E-state index contributed by atoms with van der Waals surface area (Å²) in [5, 5.41) is 10.9. The van der Waals surface area contributed by atoms with Gasteiger partial charge in [-0.3, -0.25) is 4.79 Å². The third-order valence-electron chi connectivity index (χ3n) is 5.80. The molecule has 0 spiro atoms. The molecule has 1 heterocycles. The number of hydrogen-bond acceptors (Lipinski definition) is 5. The predicted molar refractivity (Wildman–Crippen MR) is 125 cm³/mol. The van der Waals surface area contributed by atoms with Gasteiger partial charge in [0.05, 0.1) is 25.8 Å². The fourth-order valence-electron chi connectivity index (χ4n) is 4.08. The van der Waals surface area contributed by atoms with Gasteiger partial charge in [-0.05, 0) is 47.9 Å². The number of methoxy groups -OCH3 is 2. The van der Waals surface area contributed by atoms with Gasteiger partial charge in [0.1, 0.15) is 5.75 Å². The zero-order valence-corrected chi connectivity index (χ0v) is 18.7. The minimum absolute atomic E-state index is 0.274. The summed E-state index contributed by atoms with van der Waals surface area (Å²) in [6.07, 6.45) is 0. The van der Waals surface area contributed by atoms with Gasteiger partial charge in [-0.2, -0.15) is 0 Å². The van der Waals surface area contributed by atoms with E-state index < -0.39 is 17.9 Å². The number of aryl methyl sites for hydroxylation is 1. The highest BCUT2D eigenvalue weighted by atomic mass is 16.5. The molecule has 1 aliphatic rings. The second-order valence-corrected chi connectivity index (χ2v) is 7.93. The standard InChI is InChI=1S/C27H25NO5/c1-17-7-9-19(10-8-17)23-24(20-11-13-21(14-12-20)27(31)33-3)28(26(30)25(23)29)16-18-5-4-6-22(15-18)32-2/h4-15,24,29H,16H2,1-3H3/t24-/m1/s1. The van der Waals surface area contributed by atoms with E-state index in [0.717, 1.165) is 22.3 Å². The van der Waals surface area contributed by atoms with E-state index in [0.29, 0.717) is 16.9 Å². The van der Waals surface area contributed by atoms with Crippen molar-refractivity contribution in [3.63, 3.8) is 0 Å². The number of ether oxygens (including phenoxy) is 2. The zero-order chi connectivity index (χ0) is 23.5. The predicted octanol–water partition coefficient (Wildman–Crippen LogP) is 4.84. The first-order valence-electron chi connectivity index (χ1n) is 10.5. The summed E-state index contributed by atoms with van der Waals surface area (Å²) in [5.41, 5.74) is 4.44. The van der Waals surface area contributed by atoms with Crippen molar-refractivity contribution in [1.29, 1.82) is 0 Å². The Kier molecular flexibility index (Phi) is 6.18. The Bertz CT molecular complexity index is 1210. The van der Waals surface area contributed by atoms with Crippen molar-refractivity contribution in [2.75, 3.05) is 14.2 Å². The van der Waals surface area contributed by atoms with E-state index in [4.69, 9.17) is 9.47 Å². The van der Waals surface area contributed by atoms with Crippen LogP contribution in [0.5, 0.6) is 5.75 Å². The first kappa shape index (κ1) is 22.1. The van der Waals surface area contributed by atoms with Gasteiger partial charge < -0.3 is 19.5 Å². The molecule has 1 amide bonds. The first-order chi connectivity index (χ1) is 15.9. The summed E-state index contributed by atoms with van der Waals surface area (Å²) >= 11 is 0. The van der Waals surface area contributed by atoms with Crippen LogP contribution in [-0.4, -0.2) is 36.1 Å². The molecule has 0 saturated heterocycles. The highest BCUT2D eigenvalue weighted by Crippen LogP contribution is 2.44. The Labute approximate surface area is 192 Å². The lowest BCUT2D eigenvalue weighted by atomic mass is 9.92. The molecule has 33 heavy (non-hydrogen) atoms. The molecule has 6 nitrogen and oxygen atoms in total. The minimum atomic E-state index is -0.530. The Morgan fingerprint density at radius 2 is 1.70 bits per heavy atom. The van der Waals surface area contributed by atoms with Crippen molar-refractivity contribution in [2.24, 2.45) is 0 Å². The fraction of sp³-hybridized carbons (Fsp3) is 0.185. The van der Waals surface area contributed by atoms with E-state index >= 15 is 0 Å². The number of esters is 1. The van der Waals surface area contributed by atoms with Gasteiger partial charge in [0.15, 0.2) is 5.76 Å². The summed E-state index contributed by atoms with van der Waals surface area (Å²) in [4.78, 5) is 26.7. The van der Waals surface area contributed by atoms with Crippen LogP contribution in [0.3, 0.4) is 0 Å². The third kappa shape index (κ3) is 4.32. The second kappa shape index (κ2) is 9.20. The monoisotopic (exact) mass is 443 g/mol. The van der Waals surface area contributed by atoms with E-state index in [2.05, 4.69) is 0 Å². The number of aliphatic hydroxyl groups is 1. The SMILES string of the molecule is COC(=O)c1ccc([C@@H]2C(c3ccc(C)cc3)=C(O)C(=O)N2Cc2cccc(OC)c2)cc1. The van der Waals surface area contributed by atoms with Crippen LogP contribution in [0.25, 0.3) is 5.57 Å². The van der Waals surface area contributed by atoms with Crippen LogP contribution in [0, 0.1) is 6.92 Å². The molecule has 0 bridgehead atoms. The van der Waals surface area contributed by atoms with Crippen molar-refractivity contribution < 1.29 is 24.2 Å². The number of carbonyl (C=O) groups is 2. The molecule has 6 heteroatoms. The van der Waals surface area contributed by atoms with Crippen LogP contribution < -0.4 is 4.74 Å². The van der Waals surface area contributed by atoms with Gasteiger partial charge in [-0.15, -0.1) is 0 Å². The number of benzene rings is 3. The lowest BCUT2D eigenvalue weighted by Gasteiger charge is -2.28. The maximum absolute atomic E-state index is 13.2. The molecule has 0 fully saturated rings. The molecule has 0 unspecified atom stereocenters. The molecule has 0 aromatic heterocycles. The molecule has 3 aromatic rings. The largest absolute Gasteiger partial charge is 0.503 e. The Hall–Kier alpha value is -4.06. The van der Waals surface area contributed by atoms with Crippen LogP contribution in [0.15, 0.2) is 78.6 Å². The molecule has 0 radical (unpaired) electrons. The number of aliphatic hydroxyl groups excluding tert-OH is 1. The van der Waals surface area contributed by atoms with Gasteiger partial charge in [-0.25, -0.2) is 4.79 Å². The molecular formula is C27H25NO5. The van der Waals surface area contributed by atoms with E-state index in [1.807, 2.05) is 55.5 Å². The van der Waals surface area contributed by atoms with E-state index in [-0.39, 0.29) is 12.3 Å². The average Bonchev–Trinajstić information content (AvgIpc) is 3.09. The van der Waals surface area contributed by atoms with Crippen molar-refractivity contribution >= 4 is 17.4 Å². The fourth-order valence-corrected chi connectivity index (χ4v) is 4.08. The van der Waals surface area contributed by atoms with Crippen molar-refractivity contribution in [1.82, 2.24) is 4.90 Å². The van der Waals surface area contributed by atoms with E-state index in [1.54, 1.807) is 36.3 Å². The highest BCUT2D eigenvalue weighted by molar-refractivity contribution is 6.05. The number of nitrogens with zero attached hydrogens (tertiary/aromatic N) is 1. The van der Waals surface area contributed by atoms with Gasteiger partial charge in [0, 0.05) is 12.1 Å². The number of carbonyl (C=O) groups excluding carboxylic acids is 2. The Morgan fingerprint density at radius 3 is 2.33 bits per heavy atom. The summed E-state index contributed by atoms with van der Waals surface area (Å²) in [7, 11) is 2.92. The van der Waals surface area contributed by atoms with Gasteiger partial charge >= 0.3 is 5.97 Å². The average molecular weight is 443 g/mol. The van der Waals surface area contributed by atoms with Gasteiger partial charge in [0.25, 0.3) is 5.91 Å². The zero-order valence-electron chi connectivity index (χ0n) is 18.7. The molecule has 0 aliphatic carbocycles. The van der Waals surface area contributed by atoms with Gasteiger partial charge in [0.2, 0.25) is 0 Å². The summed E-state index contributed by atoms with van der Waals surface area (Å²) in [6.45, 7) is 2.26. The maximum Gasteiger partial charge on any atom is 0.337 e. The quantitative estimate of drug-likeness (QED) is 0.552. The van der Waals surface area contributed by atoms with E-state index in [9.17, 15) is 14.7 Å². The van der Waals surface area contributed by atoms with Crippen LogP contribution in [0.2, 0.25) is 0 Å². The molecule has 1 N–H and O–H groups in total. The number of rotatable bonds is 6. The second-order valence-electron chi connectivity index (χ2n) is 7.93. The smallest absolute Gasteiger partial charge is 0.337 e. The normalized spacial score (nSPS) is 15.7. The third-order valence-corrected chi connectivity index (χ3v) is 5.80. The summed E-state index contributed by atoms with van der Waals surface area (Å²) < 4.78 is 10.1. The summed E-state index contributed by atoms with van der Waals surface area (Å²) in [5.74, 6) is -0.470. The van der Waals surface area contributed by atoms with Crippen LogP contribution in [0.1, 0.15) is 38.7 Å². The Balaban J connectivity index is 1.79.